The molecule has 0 bridgehead atoms. The van der Waals surface area contributed by atoms with Gasteiger partial charge < -0.3 is 5.11 Å². The SMILES string of the molecule is CCc1ccc(C(O)CC2CCSCC2)cc1. The number of aliphatic hydroxyl groups is 1. The molecular formula is C15H22OS. The third-order valence-corrected chi connectivity index (χ3v) is 4.72. The van der Waals surface area contributed by atoms with Crippen molar-refractivity contribution in [2.24, 2.45) is 5.92 Å². The molecule has 0 aliphatic carbocycles. The number of hydrogen-bond donors (Lipinski definition) is 1. The molecule has 1 aliphatic rings. The average Bonchev–Trinajstić information content (AvgIpc) is 2.40. The van der Waals surface area contributed by atoms with Crippen LogP contribution in [0.5, 0.6) is 0 Å². The number of aryl methyl sites for hydroxylation is 1. The van der Waals surface area contributed by atoms with Crippen molar-refractivity contribution in [3.63, 3.8) is 0 Å². The van der Waals surface area contributed by atoms with Gasteiger partial charge in [0.05, 0.1) is 6.10 Å². The Morgan fingerprint density at radius 2 is 1.88 bits per heavy atom. The van der Waals surface area contributed by atoms with E-state index < -0.39 is 0 Å². The molecule has 1 heterocycles. The van der Waals surface area contributed by atoms with Crippen molar-refractivity contribution in [2.75, 3.05) is 11.5 Å². The highest BCUT2D eigenvalue weighted by molar-refractivity contribution is 7.99. The van der Waals surface area contributed by atoms with Crippen molar-refractivity contribution in [3.8, 4) is 0 Å². The second-order valence-electron chi connectivity index (χ2n) is 4.90. The van der Waals surface area contributed by atoms with Crippen molar-refractivity contribution in [1.29, 1.82) is 0 Å². The highest BCUT2D eigenvalue weighted by Crippen LogP contribution is 2.30. The summed E-state index contributed by atoms with van der Waals surface area (Å²) in [5.74, 6) is 3.26. The van der Waals surface area contributed by atoms with Crippen LogP contribution in [0.3, 0.4) is 0 Å². The first-order chi connectivity index (χ1) is 8.29. The van der Waals surface area contributed by atoms with Gasteiger partial charge in [-0.25, -0.2) is 0 Å². The van der Waals surface area contributed by atoms with Gasteiger partial charge in [-0.1, -0.05) is 31.2 Å². The van der Waals surface area contributed by atoms with Crippen LogP contribution in [0.25, 0.3) is 0 Å². The Balaban J connectivity index is 1.91. The molecule has 2 rings (SSSR count). The molecule has 94 valence electrons. The van der Waals surface area contributed by atoms with Gasteiger partial charge in [-0.3, -0.25) is 0 Å². The first-order valence-electron chi connectivity index (χ1n) is 6.64. The molecule has 0 radical (unpaired) electrons. The summed E-state index contributed by atoms with van der Waals surface area (Å²) >= 11 is 2.04. The highest BCUT2D eigenvalue weighted by atomic mass is 32.2. The van der Waals surface area contributed by atoms with E-state index in [2.05, 4.69) is 31.2 Å². The van der Waals surface area contributed by atoms with E-state index in [9.17, 15) is 5.11 Å². The third-order valence-electron chi connectivity index (χ3n) is 3.67. The van der Waals surface area contributed by atoms with Gasteiger partial charge in [0.15, 0.2) is 0 Å². The minimum absolute atomic E-state index is 0.269. The lowest BCUT2D eigenvalue weighted by Gasteiger charge is -2.24. The lowest BCUT2D eigenvalue weighted by Crippen LogP contribution is -2.13. The van der Waals surface area contributed by atoms with E-state index in [1.54, 1.807) is 0 Å². The molecule has 0 amide bonds. The van der Waals surface area contributed by atoms with E-state index in [1.165, 1.54) is 29.9 Å². The molecule has 0 spiro atoms. The van der Waals surface area contributed by atoms with Crippen LogP contribution in [0.2, 0.25) is 0 Å². The maximum atomic E-state index is 10.2. The predicted octanol–water partition coefficient (Wildman–Crippen LogP) is 3.82. The van der Waals surface area contributed by atoms with Crippen LogP contribution >= 0.6 is 11.8 Å². The first-order valence-corrected chi connectivity index (χ1v) is 7.79. The number of benzene rings is 1. The van der Waals surface area contributed by atoms with Crippen molar-refractivity contribution in [2.45, 2.75) is 38.7 Å². The Morgan fingerprint density at radius 3 is 2.47 bits per heavy atom. The van der Waals surface area contributed by atoms with Crippen LogP contribution in [-0.2, 0) is 6.42 Å². The van der Waals surface area contributed by atoms with Crippen LogP contribution < -0.4 is 0 Å². The quantitative estimate of drug-likeness (QED) is 0.876. The van der Waals surface area contributed by atoms with Crippen LogP contribution in [0, 0.1) is 5.92 Å². The summed E-state index contributed by atoms with van der Waals surface area (Å²) in [6.45, 7) is 2.16. The molecule has 0 saturated carbocycles. The van der Waals surface area contributed by atoms with Crippen molar-refractivity contribution in [3.05, 3.63) is 35.4 Å². The second-order valence-corrected chi connectivity index (χ2v) is 6.13. The van der Waals surface area contributed by atoms with Crippen LogP contribution in [-0.4, -0.2) is 16.6 Å². The molecule has 1 nitrogen and oxygen atoms in total. The molecule has 1 saturated heterocycles. The lowest BCUT2D eigenvalue weighted by atomic mass is 9.92. The molecule has 2 heteroatoms. The Bertz CT molecular complexity index is 327. The van der Waals surface area contributed by atoms with E-state index >= 15 is 0 Å². The smallest absolute Gasteiger partial charge is 0.0792 e. The number of rotatable bonds is 4. The monoisotopic (exact) mass is 250 g/mol. The fourth-order valence-electron chi connectivity index (χ4n) is 2.41. The fourth-order valence-corrected chi connectivity index (χ4v) is 3.61. The van der Waals surface area contributed by atoms with E-state index in [1.807, 2.05) is 11.8 Å². The summed E-state index contributed by atoms with van der Waals surface area (Å²) in [6, 6.07) is 8.44. The Kier molecular flexibility index (Phi) is 4.93. The molecule has 0 aromatic heterocycles. The molecule has 1 aromatic carbocycles. The molecule has 17 heavy (non-hydrogen) atoms. The maximum absolute atomic E-state index is 10.2. The zero-order valence-electron chi connectivity index (χ0n) is 10.6. The van der Waals surface area contributed by atoms with Crippen molar-refractivity contribution in [1.82, 2.24) is 0 Å². The van der Waals surface area contributed by atoms with E-state index in [0.29, 0.717) is 0 Å². The van der Waals surface area contributed by atoms with Crippen LogP contribution in [0.1, 0.15) is 43.4 Å². The van der Waals surface area contributed by atoms with Gasteiger partial charge >= 0.3 is 0 Å². The number of hydrogen-bond acceptors (Lipinski definition) is 2. The number of thioether (sulfide) groups is 1. The zero-order chi connectivity index (χ0) is 12.1. The van der Waals surface area contributed by atoms with E-state index in [-0.39, 0.29) is 6.10 Å². The third kappa shape index (κ3) is 3.75. The Hall–Kier alpha value is -0.470. The molecule has 1 aliphatic heterocycles. The summed E-state index contributed by atoms with van der Waals surface area (Å²) in [5, 5.41) is 10.2. The van der Waals surface area contributed by atoms with E-state index in [0.717, 1.165) is 24.3 Å². The fraction of sp³-hybridized carbons (Fsp3) is 0.600. The lowest BCUT2D eigenvalue weighted by molar-refractivity contribution is 0.141. The minimum Gasteiger partial charge on any atom is -0.388 e. The first kappa shape index (κ1) is 13.0. The molecule has 1 N–H and O–H groups in total. The molecule has 1 aromatic rings. The largest absolute Gasteiger partial charge is 0.388 e. The molecular weight excluding hydrogens is 228 g/mol. The summed E-state index contributed by atoms with van der Waals surface area (Å²) in [7, 11) is 0. The molecule has 1 fully saturated rings. The van der Waals surface area contributed by atoms with Gasteiger partial charge in [-0.15, -0.1) is 0 Å². The van der Waals surface area contributed by atoms with Crippen molar-refractivity contribution < 1.29 is 5.11 Å². The topological polar surface area (TPSA) is 20.2 Å². The highest BCUT2D eigenvalue weighted by Gasteiger charge is 2.18. The van der Waals surface area contributed by atoms with Gasteiger partial charge in [0.2, 0.25) is 0 Å². The number of aliphatic hydroxyl groups excluding tert-OH is 1. The van der Waals surface area contributed by atoms with Gasteiger partial charge in [0.25, 0.3) is 0 Å². The molecule has 1 unspecified atom stereocenters. The van der Waals surface area contributed by atoms with Gasteiger partial charge in [0, 0.05) is 0 Å². The maximum Gasteiger partial charge on any atom is 0.0792 e. The standard InChI is InChI=1S/C15H22OS/c1-2-12-3-5-14(6-4-12)15(16)11-13-7-9-17-10-8-13/h3-6,13,15-16H,2,7-11H2,1H3. The Morgan fingerprint density at radius 1 is 1.24 bits per heavy atom. The summed E-state index contributed by atoms with van der Waals surface area (Å²) < 4.78 is 0. The van der Waals surface area contributed by atoms with Gasteiger partial charge in [-0.05, 0) is 54.2 Å². The van der Waals surface area contributed by atoms with Gasteiger partial charge in [0.1, 0.15) is 0 Å². The molecule has 1 atom stereocenters. The average molecular weight is 250 g/mol. The summed E-state index contributed by atoms with van der Waals surface area (Å²) in [5.41, 5.74) is 2.43. The predicted molar refractivity (Wildman–Crippen MR) is 75.4 cm³/mol. The van der Waals surface area contributed by atoms with Gasteiger partial charge in [-0.2, -0.15) is 11.8 Å². The summed E-state index contributed by atoms with van der Waals surface area (Å²) in [4.78, 5) is 0. The van der Waals surface area contributed by atoms with Crippen LogP contribution in [0.15, 0.2) is 24.3 Å². The zero-order valence-corrected chi connectivity index (χ0v) is 11.4. The minimum atomic E-state index is -0.269. The normalized spacial score (nSPS) is 19.2. The van der Waals surface area contributed by atoms with Crippen molar-refractivity contribution >= 4 is 11.8 Å². The van der Waals surface area contributed by atoms with Crippen LogP contribution in [0.4, 0.5) is 0 Å². The second kappa shape index (κ2) is 6.46. The van der Waals surface area contributed by atoms with E-state index in [4.69, 9.17) is 0 Å². The Labute approximate surface area is 109 Å². The summed E-state index contributed by atoms with van der Waals surface area (Å²) in [6.07, 6.45) is 4.28.